The number of aliphatic hydroxyl groups is 1. The first kappa shape index (κ1) is 30.4. The molecule has 3 unspecified atom stereocenters. The second kappa shape index (κ2) is 11.4. The minimum atomic E-state index is -0.781. The zero-order valence-electron chi connectivity index (χ0n) is 27.4. The molecule has 2 aliphatic heterocycles. The van der Waals surface area contributed by atoms with E-state index >= 15 is 0 Å². The van der Waals surface area contributed by atoms with Crippen LogP contribution >= 0.6 is 0 Å². The Hall–Kier alpha value is -3.91. The van der Waals surface area contributed by atoms with E-state index in [2.05, 4.69) is 29.5 Å². The van der Waals surface area contributed by atoms with Gasteiger partial charge in [0, 0.05) is 43.5 Å². The Bertz CT molecular complexity index is 1750. The van der Waals surface area contributed by atoms with E-state index in [1.54, 1.807) is 17.0 Å². The maximum Gasteiger partial charge on any atom is 0.273 e. The number of likely N-dealkylation sites (tertiary alicyclic amines) is 1. The van der Waals surface area contributed by atoms with Crippen molar-refractivity contribution in [3.63, 3.8) is 0 Å². The Kier molecular flexibility index (Phi) is 7.35. The number of piperazine rings is 1. The number of nitrogens with zero attached hydrogens (tertiary/aromatic N) is 4. The Balaban J connectivity index is 0.955. The minimum Gasteiger partial charge on any atom is -0.506 e. The van der Waals surface area contributed by atoms with Crippen molar-refractivity contribution in [2.45, 2.75) is 75.9 Å². The van der Waals surface area contributed by atoms with Gasteiger partial charge < -0.3 is 24.9 Å². The van der Waals surface area contributed by atoms with E-state index in [1.807, 2.05) is 41.3 Å². The fraction of sp³-hybridized carbons (Fsp3) is 0.513. The highest BCUT2D eigenvalue weighted by molar-refractivity contribution is 5.98. The molecule has 1 aromatic heterocycles. The average molecular weight is 635 g/mol. The van der Waals surface area contributed by atoms with Crippen molar-refractivity contribution in [2.75, 3.05) is 37.6 Å². The van der Waals surface area contributed by atoms with E-state index in [9.17, 15) is 19.8 Å². The summed E-state index contributed by atoms with van der Waals surface area (Å²) in [5.74, 6) is 1.59. The smallest absolute Gasteiger partial charge is 0.273 e. The predicted octanol–water partition coefficient (Wildman–Crippen LogP) is 5.67. The summed E-state index contributed by atoms with van der Waals surface area (Å²) in [5.41, 5.74) is 3.74. The summed E-state index contributed by atoms with van der Waals surface area (Å²) in [7, 11) is 0. The molecular weight excluding hydrogens is 588 g/mol. The number of aromatic nitrogens is 1. The molecule has 2 aromatic carbocycles. The highest BCUT2D eigenvalue weighted by Gasteiger charge is 2.60. The van der Waals surface area contributed by atoms with Gasteiger partial charge in [0.25, 0.3) is 5.91 Å². The summed E-state index contributed by atoms with van der Waals surface area (Å²) < 4.78 is 0. The topological polar surface area (TPSA) is 97.2 Å². The van der Waals surface area contributed by atoms with Crippen LogP contribution in [0.3, 0.4) is 0 Å². The molecule has 8 rings (SSSR count). The lowest BCUT2D eigenvalue weighted by Crippen LogP contribution is -2.54. The summed E-state index contributed by atoms with van der Waals surface area (Å²) >= 11 is 0. The first-order chi connectivity index (χ1) is 22.7. The van der Waals surface area contributed by atoms with Crippen molar-refractivity contribution < 1.29 is 19.8 Å². The van der Waals surface area contributed by atoms with Crippen LogP contribution in [0.15, 0.2) is 61.2 Å². The van der Waals surface area contributed by atoms with Crippen molar-refractivity contribution >= 4 is 28.4 Å². The summed E-state index contributed by atoms with van der Waals surface area (Å²) in [6.45, 7) is 9.21. The number of carbonyl (C=O) groups excluding carboxylic acids is 2. The van der Waals surface area contributed by atoms with E-state index < -0.39 is 11.6 Å². The normalized spacial score (nSPS) is 31.7. The number of anilines is 1. The molecule has 0 bridgehead atoms. The van der Waals surface area contributed by atoms with Gasteiger partial charge in [0.15, 0.2) is 0 Å². The van der Waals surface area contributed by atoms with Crippen molar-refractivity contribution in [3.05, 3.63) is 78.0 Å². The van der Waals surface area contributed by atoms with Gasteiger partial charge in [-0.25, -0.2) is 4.98 Å². The van der Waals surface area contributed by atoms with E-state index in [-0.39, 0.29) is 17.2 Å². The molecule has 4 fully saturated rings. The summed E-state index contributed by atoms with van der Waals surface area (Å²) in [4.78, 5) is 37.8. The van der Waals surface area contributed by atoms with E-state index in [0.717, 1.165) is 61.5 Å². The molecule has 6 atom stereocenters. The molecule has 2 amide bonds. The number of rotatable bonds is 4. The van der Waals surface area contributed by atoms with E-state index in [0.29, 0.717) is 68.3 Å². The number of phenolic OH excluding ortho intramolecular Hbond substituents is 1. The number of pyridine rings is 1. The van der Waals surface area contributed by atoms with Gasteiger partial charge in [-0.15, -0.1) is 6.58 Å². The van der Waals surface area contributed by atoms with Crippen LogP contribution in [0, 0.1) is 17.3 Å². The maximum absolute atomic E-state index is 13.8. The van der Waals surface area contributed by atoms with Crippen LogP contribution in [0.4, 0.5) is 5.69 Å². The van der Waals surface area contributed by atoms with Gasteiger partial charge in [0.1, 0.15) is 17.5 Å². The largest absolute Gasteiger partial charge is 0.506 e. The van der Waals surface area contributed by atoms with Crippen molar-refractivity contribution in [2.24, 2.45) is 17.3 Å². The molecule has 246 valence electrons. The number of fused-ring (bicyclic) bond motifs is 6. The number of aryl methyl sites for hydroxylation is 1. The van der Waals surface area contributed by atoms with Crippen LogP contribution in [-0.2, 0) is 11.2 Å². The number of benzene rings is 2. The molecule has 0 radical (unpaired) electrons. The second-order valence-corrected chi connectivity index (χ2v) is 14.9. The predicted molar refractivity (Wildman–Crippen MR) is 182 cm³/mol. The maximum atomic E-state index is 13.8. The second-order valence-electron chi connectivity index (χ2n) is 14.9. The molecule has 8 heteroatoms. The number of phenols is 1. The van der Waals surface area contributed by atoms with Crippen molar-refractivity contribution in [1.82, 2.24) is 14.8 Å². The average Bonchev–Trinajstić information content (AvgIpc) is 3.70. The molecule has 47 heavy (non-hydrogen) atoms. The quantitative estimate of drug-likeness (QED) is 0.360. The lowest BCUT2D eigenvalue weighted by molar-refractivity contribution is -0.135. The van der Waals surface area contributed by atoms with Gasteiger partial charge in [-0.2, -0.15) is 0 Å². The molecule has 8 nitrogen and oxygen atoms in total. The molecular formula is C39H46N4O4. The minimum absolute atomic E-state index is 0.00935. The van der Waals surface area contributed by atoms with Gasteiger partial charge in [-0.1, -0.05) is 37.3 Å². The fourth-order valence-corrected chi connectivity index (χ4v) is 10.2. The number of aromatic hydroxyl groups is 1. The Labute approximate surface area is 277 Å². The standard InChI is InChI=1S/C39H46N4O4/c1-3-39(47)17-15-30-28-12-10-26-23-35(44)34(24-29(26)27(28)14-16-38(30,39)2)41-19-21-42(22-20-41)37(46)33-9-6-18-43(33)36(45)32-13-11-25-7-4-5-8-31(25)40-32/h3-5,7-8,11,13,23-24,27-28,30,33,44,47H,1,6,9-10,12,14-22H2,2H3/t27?,28?,30?,33-,38-,39-/m0/s1. The van der Waals surface area contributed by atoms with Crippen LogP contribution in [0.25, 0.3) is 10.9 Å². The summed E-state index contributed by atoms with van der Waals surface area (Å²) in [6, 6.07) is 15.2. The SMILES string of the molecule is C=C[C@]1(O)CCC2C3CCc4cc(O)c(N5CCN(C(=O)[C@@H]6CCCN6C(=O)c6ccc7ccccc7n6)CC5)cc4C3CC[C@@]21C. The number of para-hydroxylation sites is 1. The molecule has 2 saturated heterocycles. The fourth-order valence-electron chi connectivity index (χ4n) is 10.2. The number of carbonyl (C=O) groups is 2. The lowest BCUT2D eigenvalue weighted by atomic mass is 9.53. The first-order valence-electron chi connectivity index (χ1n) is 17.6. The van der Waals surface area contributed by atoms with Crippen LogP contribution in [-0.4, -0.2) is 81.2 Å². The molecule has 3 heterocycles. The van der Waals surface area contributed by atoms with Crippen LogP contribution < -0.4 is 4.90 Å². The van der Waals surface area contributed by atoms with E-state index in [1.165, 1.54) is 11.1 Å². The summed E-state index contributed by atoms with van der Waals surface area (Å²) in [6.07, 6.45) is 9.18. The molecule has 2 saturated carbocycles. The Morgan fingerprint density at radius 1 is 0.979 bits per heavy atom. The molecule has 3 aromatic rings. The molecule has 3 aliphatic carbocycles. The van der Waals surface area contributed by atoms with E-state index in [4.69, 9.17) is 0 Å². The number of hydrogen-bond acceptors (Lipinski definition) is 6. The Morgan fingerprint density at radius 2 is 1.79 bits per heavy atom. The third-order valence-electron chi connectivity index (χ3n) is 12.9. The van der Waals surface area contributed by atoms with Crippen molar-refractivity contribution in [1.29, 1.82) is 0 Å². The highest BCUT2D eigenvalue weighted by Crippen LogP contribution is 2.64. The highest BCUT2D eigenvalue weighted by atomic mass is 16.3. The molecule has 0 spiro atoms. The Morgan fingerprint density at radius 3 is 2.60 bits per heavy atom. The van der Waals surface area contributed by atoms with Crippen LogP contribution in [0.1, 0.15) is 79.4 Å². The van der Waals surface area contributed by atoms with Gasteiger partial charge in [0.05, 0.1) is 16.8 Å². The first-order valence-corrected chi connectivity index (χ1v) is 17.6. The number of hydrogen-bond donors (Lipinski definition) is 2. The van der Waals surface area contributed by atoms with Crippen molar-refractivity contribution in [3.8, 4) is 5.75 Å². The summed E-state index contributed by atoms with van der Waals surface area (Å²) in [5, 5.41) is 23.6. The molecule has 5 aliphatic rings. The third kappa shape index (κ3) is 4.77. The zero-order valence-corrected chi connectivity index (χ0v) is 27.4. The zero-order chi connectivity index (χ0) is 32.5. The van der Waals surface area contributed by atoms with Gasteiger partial charge in [-0.05, 0) is 105 Å². The van der Waals surface area contributed by atoms with Crippen LogP contribution in [0.2, 0.25) is 0 Å². The number of amides is 2. The monoisotopic (exact) mass is 634 g/mol. The van der Waals surface area contributed by atoms with Crippen LogP contribution in [0.5, 0.6) is 5.75 Å². The lowest BCUT2D eigenvalue weighted by Gasteiger charge is -2.52. The van der Waals surface area contributed by atoms with Gasteiger partial charge in [0.2, 0.25) is 5.91 Å². The third-order valence-corrected chi connectivity index (χ3v) is 12.9. The van der Waals surface area contributed by atoms with Gasteiger partial charge >= 0.3 is 0 Å². The van der Waals surface area contributed by atoms with Gasteiger partial charge in [-0.3, -0.25) is 9.59 Å². The molecule has 2 N–H and O–H groups in total.